The van der Waals surface area contributed by atoms with Gasteiger partial charge in [-0.25, -0.2) is 9.78 Å². The first-order chi connectivity index (χ1) is 19.8. The number of amides is 2. The summed E-state index contributed by atoms with van der Waals surface area (Å²) < 4.78 is 15.8. The quantitative estimate of drug-likeness (QED) is 0.207. The number of hydrogen-bond acceptors (Lipinski definition) is 10. The molecule has 13 nitrogen and oxygen atoms in total. The Balaban J connectivity index is 1.83. The Bertz CT molecular complexity index is 1300. The molecule has 224 valence electrons. The first-order valence-corrected chi connectivity index (χ1v) is 13.3. The van der Waals surface area contributed by atoms with E-state index < -0.39 is 73.4 Å². The van der Waals surface area contributed by atoms with E-state index in [4.69, 9.17) is 14.0 Å². The highest BCUT2D eigenvalue weighted by Gasteiger charge is 2.55. The number of carboxylic acid groups (broad SMARTS) is 1. The van der Waals surface area contributed by atoms with Crippen molar-refractivity contribution < 1.29 is 48.2 Å². The molecule has 1 aromatic carbocycles. The second-order valence-electron chi connectivity index (χ2n) is 10.4. The van der Waals surface area contributed by atoms with E-state index in [-0.39, 0.29) is 18.0 Å². The van der Waals surface area contributed by atoms with Crippen molar-refractivity contribution in [2.24, 2.45) is 5.92 Å². The molecule has 0 aliphatic carbocycles. The Morgan fingerprint density at radius 1 is 1.07 bits per heavy atom. The number of nitrogens with zero attached hydrogens (tertiary/aromatic N) is 1. The second-order valence-corrected chi connectivity index (χ2v) is 10.4. The molecule has 3 rings (SSSR count). The number of hydrogen-bond donors (Lipinski definition) is 4. The Labute approximate surface area is 243 Å². The second kappa shape index (κ2) is 14.1. The van der Waals surface area contributed by atoms with Gasteiger partial charge in [-0.15, -0.1) is 0 Å². The highest BCUT2D eigenvalue weighted by Crippen LogP contribution is 2.31. The van der Waals surface area contributed by atoms with Gasteiger partial charge in [-0.3, -0.25) is 19.2 Å². The Kier molecular flexibility index (Phi) is 10.8. The fourth-order valence-corrected chi connectivity index (χ4v) is 4.55. The molecule has 14 heteroatoms. The third-order valence-electron chi connectivity index (χ3n) is 6.50. The fraction of sp³-hybridized carbons (Fsp3) is 0.429. The summed E-state index contributed by atoms with van der Waals surface area (Å²) in [5.41, 5.74) is -0.852. The lowest BCUT2D eigenvalue weighted by Crippen LogP contribution is -2.63. The SMILES string of the molecule is COC(=O)C1(CC(=O)O)CC(=O)OB([C@H](CC(C)C)NC(=O)[C@@H](NC(=O)c2cccc(-c3ccccc3)n2)[C@@H](C)O)O1. The summed E-state index contributed by atoms with van der Waals surface area (Å²) >= 11 is 0. The number of aliphatic hydroxyl groups is 1. The van der Waals surface area contributed by atoms with Gasteiger partial charge in [0.1, 0.15) is 11.7 Å². The van der Waals surface area contributed by atoms with Gasteiger partial charge in [0, 0.05) is 5.56 Å². The maximum absolute atomic E-state index is 13.4. The van der Waals surface area contributed by atoms with Crippen LogP contribution in [-0.4, -0.2) is 82.8 Å². The smallest absolute Gasteiger partial charge is 0.508 e. The number of carbonyl (C=O) groups is 5. The van der Waals surface area contributed by atoms with Crippen molar-refractivity contribution in [3.05, 3.63) is 54.2 Å². The maximum atomic E-state index is 13.4. The predicted molar refractivity (Wildman–Crippen MR) is 149 cm³/mol. The van der Waals surface area contributed by atoms with Crippen molar-refractivity contribution in [3.63, 3.8) is 0 Å². The summed E-state index contributed by atoms with van der Waals surface area (Å²) in [7, 11) is -0.539. The summed E-state index contributed by atoms with van der Waals surface area (Å²) in [5.74, 6) is -6.17. The number of nitrogens with one attached hydrogen (secondary N) is 2. The Hall–Kier alpha value is -4.30. The van der Waals surface area contributed by atoms with Gasteiger partial charge in [0.2, 0.25) is 5.91 Å². The Morgan fingerprint density at radius 3 is 2.36 bits per heavy atom. The van der Waals surface area contributed by atoms with Crippen molar-refractivity contribution in [1.82, 2.24) is 15.6 Å². The third-order valence-corrected chi connectivity index (χ3v) is 6.50. The summed E-state index contributed by atoms with van der Waals surface area (Å²) in [6.07, 6.45) is -2.78. The molecule has 1 aliphatic heterocycles. The Morgan fingerprint density at radius 2 is 1.76 bits per heavy atom. The number of esters is 1. The summed E-state index contributed by atoms with van der Waals surface area (Å²) in [4.78, 5) is 67.5. The van der Waals surface area contributed by atoms with Crippen LogP contribution < -0.4 is 10.6 Å². The number of carboxylic acids is 1. The van der Waals surface area contributed by atoms with Crippen molar-refractivity contribution in [2.75, 3.05) is 7.11 Å². The third kappa shape index (κ3) is 8.14. The van der Waals surface area contributed by atoms with Gasteiger partial charge in [0.05, 0.1) is 37.7 Å². The highest BCUT2D eigenvalue weighted by molar-refractivity contribution is 6.50. The van der Waals surface area contributed by atoms with Gasteiger partial charge in [0.15, 0.2) is 5.60 Å². The van der Waals surface area contributed by atoms with Gasteiger partial charge in [-0.2, -0.15) is 0 Å². The molecular formula is C28H34BN3O10. The molecule has 1 saturated heterocycles. The van der Waals surface area contributed by atoms with Crippen LogP contribution in [0.5, 0.6) is 0 Å². The van der Waals surface area contributed by atoms with E-state index in [0.29, 0.717) is 5.69 Å². The van der Waals surface area contributed by atoms with Crippen LogP contribution in [-0.2, 0) is 33.2 Å². The van der Waals surface area contributed by atoms with Crippen LogP contribution >= 0.6 is 0 Å². The van der Waals surface area contributed by atoms with Crippen molar-refractivity contribution in [1.29, 1.82) is 0 Å². The monoisotopic (exact) mass is 583 g/mol. The normalized spacial score (nSPS) is 18.8. The first kappa shape index (κ1) is 32.2. The van der Waals surface area contributed by atoms with Crippen molar-refractivity contribution >= 4 is 36.8 Å². The molecule has 1 aromatic heterocycles. The van der Waals surface area contributed by atoms with Crippen LogP contribution in [0.2, 0.25) is 0 Å². The molecule has 2 amide bonds. The molecule has 4 atom stereocenters. The summed E-state index contributed by atoms with van der Waals surface area (Å²) in [6.45, 7) is 4.93. The van der Waals surface area contributed by atoms with Crippen molar-refractivity contribution in [2.45, 2.75) is 63.7 Å². The number of benzene rings is 1. The van der Waals surface area contributed by atoms with Crippen LogP contribution in [0.4, 0.5) is 0 Å². The van der Waals surface area contributed by atoms with E-state index in [2.05, 4.69) is 15.6 Å². The molecule has 0 saturated carbocycles. The number of rotatable bonds is 12. The number of aromatic nitrogens is 1. The van der Waals surface area contributed by atoms with Crippen LogP contribution in [0.15, 0.2) is 48.5 Å². The number of methoxy groups -OCH3 is 1. The summed E-state index contributed by atoms with van der Waals surface area (Å²) in [5, 5.41) is 24.9. The number of carbonyl (C=O) groups excluding carboxylic acids is 4. The topological polar surface area (TPSA) is 190 Å². The lowest BCUT2D eigenvalue weighted by molar-refractivity contribution is -0.177. The number of aliphatic hydroxyl groups excluding tert-OH is 1. The van der Waals surface area contributed by atoms with Gasteiger partial charge in [-0.1, -0.05) is 50.2 Å². The molecule has 1 fully saturated rings. The average molecular weight is 583 g/mol. The minimum atomic E-state index is -2.17. The lowest BCUT2D eigenvalue weighted by Gasteiger charge is -2.38. The first-order valence-electron chi connectivity index (χ1n) is 13.3. The number of aliphatic carboxylic acids is 1. The molecule has 42 heavy (non-hydrogen) atoms. The van der Waals surface area contributed by atoms with E-state index in [1.54, 1.807) is 12.1 Å². The molecule has 4 N–H and O–H groups in total. The molecule has 0 bridgehead atoms. The molecule has 2 heterocycles. The number of pyridine rings is 1. The minimum absolute atomic E-state index is 0.00890. The van der Waals surface area contributed by atoms with Crippen LogP contribution in [0.1, 0.15) is 50.5 Å². The van der Waals surface area contributed by atoms with Gasteiger partial charge >= 0.3 is 19.1 Å². The molecule has 0 spiro atoms. The number of ether oxygens (including phenoxy) is 1. The van der Waals surface area contributed by atoms with Gasteiger partial charge in [0.25, 0.3) is 11.9 Å². The van der Waals surface area contributed by atoms with E-state index in [1.807, 2.05) is 44.2 Å². The average Bonchev–Trinajstić information content (AvgIpc) is 2.94. The lowest BCUT2D eigenvalue weighted by atomic mass is 9.70. The molecular weight excluding hydrogens is 549 g/mol. The fourth-order valence-electron chi connectivity index (χ4n) is 4.55. The van der Waals surface area contributed by atoms with Gasteiger partial charge in [-0.05, 0) is 31.4 Å². The van der Waals surface area contributed by atoms with E-state index in [0.717, 1.165) is 12.7 Å². The van der Waals surface area contributed by atoms with Crippen LogP contribution in [0.25, 0.3) is 11.3 Å². The van der Waals surface area contributed by atoms with E-state index in [1.165, 1.54) is 13.0 Å². The largest absolute Gasteiger partial charge is 0.552 e. The minimum Gasteiger partial charge on any atom is -0.508 e. The maximum Gasteiger partial charge on any atom is 0.552 e. The standard InChI is InChI=1S/C28H34BN3O10/c1-16(2)13-21(29-41-23(36)15-28(42-29,14-22(34)35)27(39)40-4)31-26(38)24(17(3)33)32-25(37)20-12-8-11-19(30-20)18-9-6-5-7-10-18/h5-12,16-17,21,24,33H,13-15H2,1-4H3,(H,31,38)(H,32,37)(H,34,35)/t17-,21+,24+,28?/m1/s1. The van der Waals surface area contributed by atoms with Crippen LogP contribution in [0, 0.1) is 5.92 Å². The van der Waals surface area contributed by atoms with Crippen LogP contribution in [0.3, 0.4) is 0 Å². The molecule has 0 radical (unpaired) electrons. The van der Waals surface area contributed by atoms with Crippen molar-refractivity contribution in [3.8, 4) is 11.3 Å². The van der Waals surface area contributed by atoms with E-state index >= 15 is 0 Å². The zero-order chi connectivity index (χ0) is 31.0. The molecule has 1 aliphatic rings. The highest BCUT2D eigenvalue weighted by atomic mass is 16.7. The molecule has 2 aromatic rings. The van der Waals surface area contributed by atoms with Gasteiger partial charge < -0.3 is 34.9 Å². The molecule has 1 unspecified atom stereocenters. The summed E-state index contributed by atoms with van der Waals surface area (Å²) in [6, 6.07) is 12.5. The zero-order valence-corrected chi connectivity index (χ0v) is 23.7. The predicted octanol–water partition coefficient (Wildman–Crippen LogP) is 1.14. The van der Waals surface area contributed by atoms with E-state index in [9.17, 15) is 34.2 Å². The zero-order valence-electron chi connectivity index (χ0n) is 23.7.